The van der Waals surface area contributed by atoms with Gasteiger partial charge in [-0.15, -0.1) is 0 Å². The van der Waals surface area contributed by atoms with Gasteiger partial charge in [-0.25, -0.2) is 0 Å². The summed E-state index contributed by atoms with van der Waals surface area (Å²) in [6, 6.07) is 0. The van der Waals surface area contributed by atoms with E-state index in [1.807, 2.05) is 0 Å². The number of hydrogen-bond acceptors (Lipinski definition) is 3. The molecule has 0 saturated heterocycles. The van der Waals surface area contributed by atoms with Gasteiger partial charge in [0.25, 0.3) is 0 Å². The SMILES string of the molecule is CSC(=O)c1cnn(C)c1. The number of aryl methyl sites for hydroxylation is 1. The molecule has 0 aromatic carbocycles. The summed E-state index contributed by atoms with van der Waals surface area (Å²) in [6.07, 6.45) is 5.03. The van der Waals surface area contributed by atoms with E-state index in [2.05, 4.69) is 5.10 Å². The highest BCUT2D eigenvalue weighted by atomic mass is 32.2. The first-order chi connectivity index (χ1) is 4.74. The van der Waals surface area contributed by atoms with Crippen LogP contribution in [0, 0.1) is 0 Å². The lowest BCUT2D eigenvalue weighted by molar-refractivity contribution is 0.108. The van der Waals surface area contributed by atoms with E-state index >= 15 is 0 Å². The minimum Gasteiger partial charge on any atom is -0.281 e. The molecule has 1 aromatic rings. The Hall–Kier alpha value is -0.770. The molecule has 1 aromatic heterocycles. The smallest absolute Gasteiger partial charge is 0.222 e. The fourth-order valence-electron chi connectivity index (χ4n) is 0.644. The van der Waals surface area contributed by atoms with Gasteiger partial charge in [0.05, 0.1) is 11.8 Å². The van der Waals surface area contributed by atoms with Gasteiger partial charge in [-0.2, -0.15) is 5.10 Å². The molecule has 0 spiro atoms. The van der Waals surface area contributed by atoms with Crippen LogP contribution in [-0.2, 0) is 7.05 Å². The molecular weight excluding hydrogens is 148 g/mol. The second-order valence-corrected chi connectivity index (χ2v) is 2.67. The Morgan fingerprint density at radius 3 is 2.90 bits per heavy atom. The topological polar surface area (TPSA) is 34.9 Å². The molecule has 10 heavy (non-hydrogen) atoms. The van der Waals surface area contributed by atoms with Crippen LogP contribution in [0.2, 0.25) is 0 Å². The van der Waals surface area contributed by atoms with E-state index < -0.39 is 0 Å². The second-order valence-electron chi connectivity index (χ2n) is 1.89. The predicted molar refractivity (Wildman–Crippen MR) is 41.1 cm³/mol. The zero-order valence-electron chi connectivity index (χ0n) is 5.87. The van der Waals surface area contributed by atoms with Gasteiger partial charge < -0.3 is 0 Å². The van der Waals surface area contributed by atoms with E-state index in [1.165, 1.54) is 11.8 Å². The van der Waals surface area contributed by atoms with Crippen molar-refractivity contribution >= 4 is 16.9 Å². The standard InChI is InChI=1S/C6H8N2OS/c1-8-4-5(3-7-8)6(9)10-2/h3-4H,1-2H3. The van der Waals surface area contributed by atoms with Crippen molar-refractivity contribution in [2.24, 2.45) is 7.05 Å². The maximum atomic E-state index is 10.9. The van der Waals surface area contributed by atoms with Crippen molar-refractivity contribution < 1.29 is 4.79 Å². The predicted octanol–water partition coefficient (Wildman–Crippen LogP) is 0.923. The third-order valence-electron chi connectivity index (χ3n) is 1.13. The lowest BCUT2D eigenvalue weighted by Gasteiger charge is -1.86. The molecule has 0 fully saturated rings. The molecule has 0 aliphatic rings. The van der Waals surface area contributed by atoms with Gasteiger partial charge in [-0.3, -0.25) is 9.48 Å². The van der Waals surface area contributed by atoms with Gasteiger partial charge in [0, 0.05) is 13.2 Å². The third kappa shape index (κ3) is 1.39. The number of hydrogen-bond donors (Lipinski definition) is 0. The summed E-state index contributed by atoms with van der Waals surface area (Å²) in [5.74, 6) is 0. The molecular formula is C6H8N2OS. The quantitative estimate of drug-likeness (QED) is 0.606. The zero-order valence-corrected chi connectivity index (χ0v) is 6.68. The Morgan fingerprint density at radius 2 is 2.50 bits per heavy atom. The van der Waals surface area contributed by atoms with Crippen LogP contribution in [0.15, 0.2) is 12.4 Å². The minimum absolute atomic E-state index is 0.0631. The van der Waals surface area contributed by atoms with Crippen LogP contribution in [0.4, 0.5) is 0 Å². The van der Waals surface area contributed by atoms with E-state index in [9.17, 15) is 4.79 Å². The third-order valence-corrected chi connectivity index (χ3v) is 1.73. The van der Waals surface area contributed by atoms with Crippen LogP contribution in [-0.4, -0.2) is 21.2 Å². The summed E-state index contributed by atoms with van der Waals surface area (Å²) in [6.45, 7) is 0. The first-order valence-corrected chi connectivity index (χ1v) is 4.03. The van der Waals surface area contributed by atoms with Gasteiger partial charge in [0.2, 0.25) is 5.12 Å². The fourth-order valence-corrected chi connectivity index (χ4v) is 0.986. The lowest BCUT2D eigenvalue weighted by Crippen LogP contribution is -1.89. The lowest BCUT2D eigenvalue weighted by atomic mass is 10.4. The summed E-state index contributed by atoms with van der Waals surface area (Å²) in [4.78, 5) is 10.9. The van der Waals surface area contributed by atoms with Gasteiger partial charge in [-0.1, -0.05) is 11.8 Å². The average Bonchev–Trinajstić information content (AvgIpc) is 2.34. The number of rotatable bonds is 1. The molecule has 1 rings (SSSR count). The molecule has 0 aliphatic carbocycles. The highest BCUT2D eigenvalue weighted by Gasteiger charge is 2.04. The average molecular weight is 156 g/mol. The first-order valence-electron chi connectivity index (χ1n) is 2.81. The Balaban J connectivity index is 2.85. The summed E-state index contributed by atoms with van der Waals surface area (Å²) in [5, 5.41) is 3.93. The van der Waals surface area contributed by atoms with Gasteiger partial charge >= 0.3 is 0 Å². The number of carbonyl (C=O) groups excluding carboxylic acids is 1. The fraction of sp³-hybridized carbons (Fsp3) is 0.333. The Bertz CT molecular complexity index is 244. The molecule has 4 heteroatoms. The van der Waals surface area contributed by atoms with E-state index in [0.717, 1.165) is 0 Å². The Labute approximate surface area is 63.4 Å². The van der Waals surface area contributed by atoms with Crippen LogP contribution in [0.25, 0.3) is 0 Å². The molecule has 0 amide bonds. The Morgan fingerprint density at radius 1 is 1.80 bits per heavy atom. The van der Waals surface area contributed by atoms with Crippen LogP contribution >= 0.6 is 11.8 Å². The molecule has 0 unspecified atom stereocenters. The Kier molecular flexibility index (Phi) is 2.11. The van der Waals surface area contributed by atoms with Crippen molar-refractivity contribution in [3.63, 3.8) is 0 Å². The molecule has 0 radical (unpaired) electrons. The highest BCUT2D eigenvalue weighted by Crippen LogP contribution is 2.06. The molecule has 54 valence electrons. The molecule has 1 heterocycles. The van der Waals surface area contributed by atoms with Crippen LogP contribution in [0.3, 0.4) is 0 Å². The van der Waals surface area contributed by atoms with Crippen molar-refractivity contribution in [2.45, 2.75) is 0 Å². The second kappa shape index (κ2) is 2.88. The van der Waals surface area contributed by atoms with Crippen LogP contribution in [0.1, 0.15) is 10.4 Å². The molecule has 0 N–H and O–H groups in total. The van der Waals surface area contributed by atoms with E-state index in [4.69, 9.17) is 0 Å². The zero-order chi connectivity index (χ0) is 7.56. The van der Waals surface area contributed by atoms with Crippen LogP contribution < -0.4 is 0 Å². The van der Waals surface area contributed by atoms with Gasteiger partial charge in [0.1, 0.15) is 0 Å². The van der Waals surface area contributed by atoms with Crippen LogP contribution in [0.5, 0.6) is 0 Å². The number of nitrogens with zero attached hydrogens (tertiary/aromatic N) is 2. The summed E-state index contributed by atoms with van der Waals surface area (Å²) in [5.41, 5.74) is 0.662. The first kappa shape index (κ1) is 7.34. The molecule has 0 atom stereocenters. The number of carbonyl (C=O) groups is 1. The molecule has 0 aliphatic heterocycles. The highest BCUT2D eigenvalue weighted by molar-refractivity contribution is 8.13. The van der Waals surface area contributed by atoms with Crippen molar-refractivity contribution in [2.75, 3.05) is 6.26 Å². The largest absolute Gasteiger partial charge is 0.281 e. The molecule has 3 nitrogen and oxygen atoms in total. The maximum Gasteiger partial charge on any atom is 0.222 e. The maximum absolute atomic E-state index is 10.9. The minimum atomic E-state index is 0.0631. The molecule has 0 saturated carbocycles. The normalized spacial score (nSPS) is 9.80. The summed E-state index contributed by atoms with van der Waals surface area (Å²) in [7, 11) is 1.79. The summed E-state index contributed by atoms with van der Waals surface area (Å²) < 4.78 is 1.61. The molecule has 0 bridgehead atoms. The monoisotopic (exact) mass is 156 g/mol. The van der Waals surface area contributed by atoms with E-state index in [0.29, 0.717) is 5.56 Å². The van der Waals surface area contributed by atoms with Gasteiger partial charge in [0.15, 0.2) is 0 Å². The number of aromatic nitrogens is 2. The van der Waals surface area contributed by atoms with E-state index in [1.54, 1.807) is 30.4 Å². The van der Waals surface area contributed by atoms with Gasteiger partial charge in [-0.05, 0) is 6.26 Å². The van der Waals surface area contributed by atoms with E-state index in [-0.39, 0.29) is 5.12 Å². The van der Waals surface area contributed by atoms with Crippen molar-refractivity contribution in [1.29, 1.82) is 0 Å². The van der Waals surface area contributed by atoms with Crippen molar-refractivity contribution in [1.82, 2.24) is 9.78 Å². The van der Waals surface area contributed by atoms with Crippen molar-refractivity contribution in [3.8, 4) is 0 Å². The van der Waals surface area contributed by atoms with Crippen molar-refractivity contribution in [3.05, 3.63) is 18.0 Å². The number of thioether (sulfide) groups is 1. The summed E-state index contributed by atoms with van der Waals surface area (Å²) >= 11 is 1.20.